The van der Waals surface area contributed by atoms with Gasteiger partial charge < -0.3 is 10.2 Å². The lowest BCUT2D eigenvalue weighted by molar-refractivity contribution is 0.580. The molecule has 1 aromatic heterocycles. The molecule has 0 radical (unpaired) electrons. The highest BCUT2D eigenvalue weighted by atomic mass is 15.2. The zero-order valence-electron chi connectivity index (χ0n) is 12.4. The molecule has 2 aromatic rings. The minimum Gasteiger partial charge on any atom is -0.354 e. The van der Waals surface area contributed by atoms with Gasteiger partial charge in [0, 0.05) is 26.2 Å². The summed E-state index contributed by atoms with van der Waals surface area (Å²) in [4.78, 5) is 11.0. The van der Waals surface area contributed by atoms with Crippen LogP contribution in [0.1, 0.15) is 25.1 Å². The van der Waals surface area contributed by atoms with E-state index in [4.69, 9.17) is 0 Å². The number of anilines is 1. The average molecular weight is 270 g/mol. The molecule has 4 nitrogen and oxygen atoms in total. The number of nitrogens with zero attached hydrogens (tertiary/aromatic N) is 3. The highest BCUT2D eigenvalue weighted by Gasteiger charge is 2.04. The summed E-state index contributed by atoms with van der Waals surface area (Å²) >= 11 is 0. The molecule has 4 heteroatoms. The van der Waals surface area contributed by atoms with Gasteiger partial charge in [0.25, 0.3) is 0 Å². The number of benzene rings is 1. The summed E-state index contributed by atoms with van der Waals surface area (Å²) in [6.07, 6.45) is 3.67. The smallest absolute Gasteiger partial charge is 0.147 e. The molecule has 0 amide bonds. The molecule has 0 aliphatic carbocycles. The third kappa shape index (κ3) is 4.31. The Labute approximate surface area is 120 Å². The molecule has 2 rings (SSSR count). The molecule has 0 aliphatic rings. The fourth-order valence-corrected chi connectivity index (χ4v) is 1.88. The summed E-state index contributed by atoms with van der Waals surface area (Å²) in [5, 5.41) is 3.33. The van der Waals surface area contributed by atoms with Gasteiger partial charge >= 0.3 is 0 Å². The summed E-state index contributed by atoms with van der Waals surface area (Å²) in [6.45, 7) is 5.83. The number of hydrogen-bond acceptors (Lipinski definition) is 4. The van der Waals surface area contributed by atoms with Crippen LogP contribution in [0.25, 0.3) is 0 Å². The van der Waals surface area contributed by atoms with Gasteiger partial charge in [-0.3, -0.25) is 4.98 Å². The Morgan fingerprint density at radius 3 is 2.45 bits per heavy atom. The lowest BCUT2D eigenvalue weighted by Gasteiger charge is -2.18. The van der Waals surface area contributed by atoms with E-state index in [0.29, 0.717) is 6.04 Å². The topological polar surface area (TPSA) is 41.1 Å². The predicted octanol–water partition coefficient (Wildman–Crippen LogP) is 2.61. The van der Waals surface area contributed by atoms with Crippen LogP contribution in [0, 0.1) is 0 Å². The van der Waals surface area contributed by atoms with Gasteiger partial charge in [-0.1, -0.05) is 44.2 Å². The molecule has 1 aromatic carbocycles. The van der Waals surface area contributed by atoms with E-state index in [0.717, 1.165) is 24.6 Å². The lowest BCUT2D eigenvalue weighted by atomic mass is 10.2. The minimum absolute atomic E-state index is 0.456. The number of hydrogen-bond donors (Lipinski definition) is 1. The van der Waals surface area contributed by atoms with Gasteiger partial charge in [0.1, 0.15) is 5.82 Å². The summed E-state index contributed by atoms with van der Waals surface area (Å²) in [5.41, 5.74) is 2.23. The van der Waals surface area contributed by atoms with Gasteiger partial charge in [-0.2, -0.15) is 0 Å². The van der Waals surface area contributed by atoms with Gasteiger partial charge in [-0.25, -0.2) is 4.98 Å². The number of nitrogens with one attached hydrogen (secondary N) is 1. The Kier molecular flexibility index (Phi) is 5.07. The van der Waals surface area contributed by atoms with Crippen molar-refractivity contribution in [3.8, 4) is 0 Å². The first-order valence-electron chi connectivity index (χ1n) is 6.94. The molecule has 0 unspecified atom stereocenters. The fraction of sp³-hybridized carbons (Fsp3) is 0.375. The molecule has 1 heterocycles. The zero-order valence-corrected chi connectivity index (χ0v) is 12.4. The Morgan fingerprint density at radius 2 is 1.85 bits per heavy atom. The zero-order chi connectivity index (χ0) is 14.4. The maximum absolute atomic E-state index is 4.48. The highest BCUT2D eigenvalue weighted by Crippen LogP contribution is 2.11. The van der Waals surface area contributed by atoms with Crippen molar-refractivity contribution in [2.45, 2.75) is 33.0 Å². The second-order valence-corrected chi connectivity index (χ2v) is 5.24. The van der Waals surface area contributed by atoms with Crippen LogP contribution in [0.2, 0.25) is 0 Å². The quantitative estimate of drug-likeness (QED) is 0.876. The number of aromatic nitrogens is 2. The Hall–Kier alpha value is -1.94. The third-order valence-corrected chi connectivity index (χ3v) is 3.04. The molecule has 106 valence electrons. The van der Waals surface area contributed by atoms with Crippen LogP contribution in [0.3, 0.4) is 0 Å². The van der Waals surface area contributed by atoms with Crippen molar-refractivity contribution >= 4 is 5.82 Å². The first-order valence-corrected chi connectivity index (χ1v) is 6.94. The average Bonchev–Trinajstić information content (AvgIpc) is 2.46. The van der Waals surface area contributed by atoms with Crippen molar-refractivity contribution < 1.29 is 0 Å². The molecule has 20 heavy (non-hydrogen) atoms. The normalized spacial score (nSPS) is 10.8. The standard InChI is InChI=1S/C16H22N4/c1-13(2)17-9-15-10-19-16(11-18-15)20(3)12-14-7-5-4-6-8-14/h4-8,10-11,13,17H,9,12H2,1-3H3. The van der Waals surface area contributed by atoms with Crippen LogP contribution in [-0.4, -0.2) is 23.1 Å². The summed E-state index contributed by atoms with van der Waals surface area (Å²) in [5.74, 6) is 0.891. The van der Waals surface area contributed by atoms with Gasteiger partial charge in [0.15, 0.2) is 0 Å². The van der Waals surface area contributed by atoms with Gasteiger partial charge in [-0.15, -0.1) is 0 Å². The predicted molar refractivity (Wildman–Crippen MR) is 82.6 cm³/mol. The van der Waals surface area contributed by atoms with Crippen molar-refractivity contribution in [2.24, 2.45) is 0 Å². The Bertz CT molecular complexity index is 508. The molecule has 0 bridgehead atoms. The molecular formula is C16H22N4. The van der Waals surface area contributed by atoms with Crippen LogP contribution in [0.4, 0.5) is 5.82 Å². The van der Waals surface area contributed by atoms with Crippen LogP contribution < -0.4 is 10.2 Å². The van der Waals surface area contributed by atoms with E-state index >= 15 is 0 Å². The minimum atomic E-state index is 0.456. The van der Waals surface area contributed by atoms with Gasteiger partial charge in [0.2, 0.25) is 0 Å². The van der Waals surface area contributed by atoms with E-state index in [1.54, 1.807) is 0 Å². The summed E-state index contributed by atoms with van der Waals surface area (Å²) in [6, 6.07) is 10.8. The fourth-order valence-electron chi connectivity index (χ4n) is 1.88. The number of rotatable bonds is 6. The SMILES string of the molecule is CC(C)NCc1cnc(N(C)Cc2ccccc2)cn1. The first-order chi connectivity index (χ1) is 9.65. The van der Waals surface area contributed by atoms with Crippen molar-refractivity contribution in [1.29, 1.82) is 0 Å². The molecule has 0 atom stereocenters. The second kappa shape index (κ2) is 7.01. The highest BCUT2D eigenvalue weighted by molar-refractivity contribution is 5.36. The van der Waals surface area contributed by atoms with Crippen LogP contribution in [0.5, 0.6) is 0 Å². The molecule has 0 aliphatic heterocycles. The molecule has 0 saturated heterocycles. The van der Waals surface area contributed by atoms with Crippen LogP contribution >= 0.6 is 0 Å². The Balaban J connectivity index is 1.95. The van der Waals surface area contributed by atoms with E-state index in [1.807, 2.05) is 25.5 Å². The monoisotopic (exact) mass is 270 g/mol. The first kappa shape index (κ1) is 14.5. The maximum atomic E-state index is 4.48. The molecule has 1 N–H and O–H groups in total. The molecule has 0 fully saturated rings. The van der Waals surface area contributed by atoms with Crippen molar-refractivity contribution in [2.75, 3.05) is 11.9 Å². The van der Waals surface area contributed by atoms with Crippen molar-refractivity contribution in [3.05, 3.63) is 54.0 Å². The third-order valence-electron chi connectivity index (χ3n) is 3.04. The van der Waals surface area contributed by atoms with Crippen LogP contribution in [0.15, 0.2) is 42.7 Å². The molecule has 0 saturated carbocycles. The van der Waals surface area contributed by atoms with Crippen molar-refractivity contribution in [3.63, 3.8) is 0 Å². The van der Waals surface area contributed by atoms with Gasteiger partial charge in [-0.05, 0) is 5.56 Å². The largest absolute Gasteiger partial charge is 0.354 e. The second-order valence-electron chi connectivity index (χ2n) is 5.24. The van der Waals surface area contributed by atoms with E-state index in [2.05, 4.69) is 58.3 Å². The van der Waals surface area contributed by atoms with Gasteiger partial charge in [0.05, 0.1) is 18.1 Å². The summed E-state index contributed by atoms with van der Waals surface area (Å²) in [7, 11) is 2.03. The summed E-state index contributed by atoms with van der Waals surface area (Å²) < 4.78 is 0. The molecule has 0 spiro atoms. The van der Waals surface area contributed by atoms with E-state index < -0.39 is 0 Å². The maximum Gasteiger partial charge on any atom is 0.147 e. The van der Waals surface area contributed by atoms with E-state index in [1.165, 1.54) is 5.56 Å². The lowest BCUT2D eigenvalue weighted by Crippen LogP contribution is -2.23. The Morgan fingerprint density at radius 1 is 1.10 bits per heavy atom. The van der Waals surface area contributed by atoms with E-state index in [9.17, 15) is 0 Å². The van der Waals surface area contributed by atoms with Crippen molar-refractivity contribution in [1.82, 2.24) is 15.3 Å². The molecular weight excluding hydrogens is 248 g/mol. The van der Waals surface area contributed by atoms with Crippen LogP contribution in [-0.2, 0) is 13.1 Å². The van der Waals surface area contributed by atoms with E-state index in [-0.39, 0.29) is 0 Å².